The van der Waals surface area contributed by atoms with Gasteiger partial charge in [0.05, 0.1) is 16.7 Å². The van der Waals surface area contributed by atoms with Crippen molar-refractivity contribution in [1.29, 1.82) is 0 Å². The van der Waals surface area contributed by atoms with Crippen LogP contribution in [0.3, 0.4) is 0 Å². The Morgan fingerprint density at radius 3 is 3.08 bits per heavy atom. The van der Waals surface area contributed by atoms with Crippen molar-refractivity contribution in [3.8, 4) is 5.06 Å². The number of methoxy groups -OCH3 is 1. The van der Waals surface area contributed by atoms with E-state index in [4.69, 9.17) is 0 Å². The highest BCUT2D eigenvalue weighted by atomic mass is 32.2. The van der Waals surface area contributed by atoms with Crippen LogP contribution in [0.1, 0.15) is 10.4 Å². The minimum atomic E-state index is -0.357. The third-order valence-electron chi connectivity index (χ3n) is 1.66. The number of esters is 1. The highest BCUT2D eigenvalue weighted by Gasteiger charge is 2.14. The number of hydrogen-bond acceptors (Lipinski definition) is 5. The fourth-order valence-corrected chi connectivity index (χ4v) is 3.06. The van der Waals surface area contributed by atoms with Gasteiger partial charge in [0.1, 0.15) is 0 Å². The van der Waals surface area contributed by atoms with Crippen LogP contribution in [-0.2, 0) is 4.74 Å². The van der Waals surface area contributed by atoms with E-state index in [-0.39, 0.29) is 11.0 Å². The lowest BCUT2D eigenvalue weighted by molar-refractivity contribution is 0.0603. The van der Waals surface area contributed by atoms with Crippen LogP contribution in [0.4, 0.5) is 0 Å². The summed E-state index contributed by atoms with van der Waals surface area (Å²) in [4.78, 5) is 11.2. The lowest BCUT2D eigenvalue weighted by Crippen LogP contribution is -1.98. The van der Waals surface area contributed by atoms with Crippen LogP contribution in [-0.4, -0.2) is 18.2 Å². The summed E-state index contributed by atoms with van der Waals surface area (Å²) in [7, 11) is 1.35. The molecule has 0 unspecified atom stereocenters. The van der Waals surface area contributed by atoms with E-state index in [0.29, 0.717) is 5.56 Å². The fourth-order valence-electron chi connectivity index (χ4n) is 1.08. The normalized spacial score (nSPS) is 10.5. The van der Waals surface area contributed by atoms with Crippen molar-refractivity contribution in [1.82, 2.24) is 0 Å². The number of thiophene rings is 2. The van der Waals surface area contributed by atoms with Gasteiger partial charge < -0.3 is 9.84 Å². The molecule has 0 atom stereocenters. The second-order valence-electron chi connectivity index (χ2n) is 2.43. The van der Waals surface area contributed by atoms with Crippen LogP contribution in [0.2, 0.25) is 0 Å². The second-order valence-corrected chi connectivity index (χ2v) is 4.60. The molecule has 1 N–H and O–H groups in total. The monoisotopic (exact) mass is 214 g/mol. The number of hydrogen-bond donors (Lipinski definition) is 1. The highest BCUT2D eigenvalue weighted by Crippen LogP contribution is 2.37. The van der Waals surface area contributed by atoms with Gasteiger partial charge in [-0.25, -0.2) is 4.79 Å². The zero-order valence-corrected chi connectivity index (χ0v) is 8.37. The van der Waals surface area contributed by atoms with Crippen LogP contribution in [0.5, 0.6) is 5.06 Å². The van der Waals surface area contributed by atoms with Gasteiger partial charge in [-0.3, -0.25) is 0 Å². The predicted molar refractivity (Wildman–Crippen MR) is 52.7 cm³/mol. The molecule has 2 aromatic rings. The van der Waals surface area contributed by atoms with Crippen molar-refractivity contribution in [3.05, 3.63) is 17.0 Å². The molecule has 0 aromatic carbocycles. The quantitative estimate of drug-likeness (QED) is 0.742. The van der Waals surface area contributed by atoms with Gasteiger partial charge in [-0.2, -0.15) is 0 Å². The molecule has 13 heavy (non-hydrogen) atoms. The number of carbonyl (C=O) groups is 1. The van der Waals surface area contributed by atoms with Crippen molar-refractivity contribution in [2.24, 2.45) is 0 Å². The first-order valence-electron chi connectivity index (χ1n) is 3.50. The van der Waals surface area contributed by atoms with Gasteiger partial charge in [-0.05, 0) is 0 Å². The molecule has 0 aliphatic rings. The lowest BCUT2D eigenvalue weighted by atomic mass is 10.2. The van der Waals surface area contributed by atoms with Gasteiger partial charge in [0.25, 0.3) is 0 Å². The summed E-state index contributed by atoms with van der Waals surface area (Å²) in [6.45, 7) is 0. The van der Waals surface area contributed by atoms with Gasteiger partial charge >= 0.3 is 5.97 Å². The fraction of sp³-hybridized carbons (Fsp3) is 0.125. The molecule has 2 rings (SSSR count). The molecule has 0 amide bonds. The summed E-state index contributed by atoms with van der Waals surface area (Å²) < 4.78 is 5.55. The largest absolute Gasteiger partial charge is 0.499 e. The average Bonchev–Trinajstić information content (AvgIpc) is 2.61. The summed E-state index contributed by atoms with van der Waals surface area (Å²) in [6.07, 6.45) is 0. The molecular formula is C8H6O3S2. The molecule has 0 spiro atoms. The van der Waals surface area contributed by atoms with Crippen molar-refractivity contribution in [2.45, 2.75) is 0 Å². The summed E-state index contributed by atoms with van der Waals surface area (Å²) >= 11 is 2.70. The molecule has 0 fully saturated rings. The molecule has 0 saturated heterocycles. The average molecular weight is 214 g/mol. The number of aromatic hydroxyl groups is 1. The van der Waals surface area contributed by atoms with Crippen molar-refractivity contribution in [3.63, 3.8) is 0 Å². The number of ether oxygens (including phenoxy) is 1. The minimum Gasteiger partial charge on any atom is -0.499 e. The van der Waals surface area contributed by atoms with Gasteiger partial charge in [-0.1, -0.05) is 11.3 Å². The van der Waals surface area contributed by atoms with E-state index in [0.717, 1.165) is 9.40 Å². The van der Waals surface area contributed by atoms with Gasteiger partial charge in [0.15, 0.2) is 5.06 Å². The molecule has 3 nitrogen and oxygen atoms in total. The molecule has 2 heterocycles. The summed E-state index contributed by atoms with van der Waals surface area (Å²) in [5, 5.41) is 11.9. The Labute approximate surface area is 82.2 Å². The molecule has 5 heteroatoms. The minimum absolute atomic E-state index is 0.229. The Hall–Kier alpha value is -1.07. The standard InChI is InChI=1S/C8H6O3S2/c1-11-7(10)5-3-12-8-4(5)2-6(9)13-8/h2-3,9H,1H3. The van der Waals surface area contributed by atoms with Crippen LogP contribution >= 0.6 is 22.7 Å². The Morgan fingerprint density at radius 1 is 1.62 bits per heavy atom. The van der Waals surface area contributed by atoms with Gasteiger partial charge in [0.2, 0.25) is 0 Å². The number of fused-ring (bicyclic) bond motifs is 1. The first kappa shape index (κ1) is 8.52. The molecule has 0 aliphatic heterocycles. The first-order chi connectivity index (χ1) is 6.22. The molecule has 0 radical (unpaired) electrons. The predicted octanol–water partition coefficient (Wildman–Crippen LogP) is 2.46. The summed E-state index contributed by atoms with van der Waals surface area (Å²) in [5.41, 5.74) is 0.527. The second kappa shape index (κ2) is 3.01. The third kappa shape index (κ3) is 1.30. The number of carbonyl (C=O) groups excluding carboxylic acids is 1. The topological polar surface area (TPSA) is 46.5 Å². The Morgan fingerprint density at radius 2 is 2.38 bits per heavy atom. The Kier molecular flexibility index (Phi) is 1.97. The maximum atomic E-state index is 11.2. The Bertz CT molecular complexity index is 455. The zero-order chi connectivity index (χ0) is 9.42. The molecule has 2 aromatic heterocycles. The number of rotatable bonds is 1. The van der Waals surface area contributed by atoms with Crippen molar-refractivity contribution in [2.75, 3.05) is 7.11 Å². The van der Waals surface area contributed by atoms with Crippen molar-refractivity contribution < 1.29 is 14.6 Å². The van der Waals surface area contributed by atoms with E-state index in [1.54, 1.807) is 11.4 Å². The maximum Gasteiger partial charge on any atom is 0.339 e. The van der Waals surface area contributed by atoms with E-state index in [9.17, 15) is 9.90 Å². The molecular weight excluding hydrogens is 208 g/mol. The van der Waals surface area contributed by atoms with Crippen LogP contribution in [0.25, 0.3) is 9.40 Å². The first-order valence-corrected chi connectivity index (χ1v) is 5.20. The smallest absolute Gasteiger partial charge is 0.339 e. The summed E-state index contributed by atoms with van der Waals surface area (Å²) in [6, 6.07) is 1.59. The molecule has 68 valence electrons. The molecule has 0 saturated carbocycles. The van der Waals surface area contributed by atoms with E-state index < -0.39 is 0 Å². The third-order valence-corrected chi connectivity index (χ3v) is 3.72. The highest BCUT2D eigenvalue weighted by molar-refractivity contribution is 7.38. The van der Waals surface area contributed by atoms with E-state index >= 15 is 0 Å². The van der Waals surface area contributed by atoms with Crippen LogP contribution < -0.4 is 0 Å². The van der Waals surface area contributed by atoms with Crippen LogP contribution in [0, 0.1) is 0 Å². The van der Waals surface area contributed by atoms with Gasteiger partial charge in [0, 0.05) is 16.8 Å². The van der Waals surface area contributed by atoms with Gasteiger partial charge in [-0.15, -0.1) is 11.3 Å². The van der Waals surface area contributed by atoms with Crippen LogP contribution in [0.15, 0.2) is 11.4 Å². The Balaban J connectivity index is 2.62. The van der Waals surface area contributed by atoms with E-state index in [1.165, 1.54) is 29.8 Å². The maximum absolute atomic E-state index is 11.2. The van der Waals surface area contributed by atoms with E-state index in [2.05, 4.69) is 4.74 Å². The SMILES string of the molecule is COC(=O)c1csc2sc(O)cc12. The molecule has 0 bridgehead atoms. The van der Waals surface area contributed by atoms with Crippen molar-refractivity contribution >= 4 is 38.0 Å². The van der Waals surface area contributed by atoms with E-state index in [1.807, 2.05) is 0 Å². The lowest BCUT2D eigenvalue weighted by Gasteiger charge is -1.93. The zero-order valence-electron chi connectivity index (χ0n) is 6.73. The molecule has 0 aliphatic carbocycles. The summed E-state index contributed by atoms with van der Waals surface area (Å²) in [5.74, 6) is -0.357.